The van der Waals surface area contributed by atoms with Crippen molar-refractivity contribution < 1.29 is 4.79 Å². The predicted octanol–water partition coefficient (Wildman–Crippen LogP) is 2.91. The molecule has 0 fully saturated rings. The number of benzene rings is 1. The van der Waals surface area contributed by atoms with Gasteiger partial charge in [0.2, 0.25) is 0 Å². The highest BCUT2D eigenvalue weighted by molar-refractivity contribution is 7.15. The van der Waals surface area contributed by atoms with Gasteiger partial charge >= 0.3 is 0 Å². The minimum Gasteiger partial charge on any atom is -0.399 e. The van der Waals surface area contributed by atoms with Crippen molar-refractivity contribution in [2.24, 2.45) is 0 Å². The molecule has 0 saturated carbocycles. The molecule has 1 amide bonds. The number of anilines is 3. The van der Waals surface area contributed by atoms with Gasteiger partial charge in [0.05, 0.1) is 11.3 Å². The second-order valence-corrected chi connectivity index (χ2v) is 6.20. The van der Waals surface area contributed by atoms with Crippen LogP contribution in [-0.4, -0.2) is 25.0 Å². The van der Waals surface area contributed by atoms with Crippen LogP contribution in [0.25, 0.3) is 0 Å². The van der Waals surface area contributed by atoms with E-state index < -0.39 is 0 Å². The van der Waals surface area contributed by atoms with E-state index in [0.29, 0.717) is 16.4 Å². The third kappa shape index (κ3) is 3.33. The molecule has 0 unspecified atom stereocenters. The number of rotatable bonds is 4. The number of amides is 1. The first kappa shape index (κ1) is 15.3. The smallest absolute Gasteiger partial charge is 0.259 e. The molecule has 112 valence electrons. The van der Waals surface area contributed by atoms with Crippen molar-refractivity contribution in [3.05, 3.63) is 34.3 Å². The Hall–Kier alpha value is -2.08. The predicted molar refractivity (Wildman–Crippen MR) is 89.4 cm³/mol. The summed E-state index contributed by atoms with van der Waals surface area (Å²) in [5.41, 5.74) is 8.76. The van der Waals surface area contributed by atoms with Crippen LogP contribution in [0.2, 0.25) is 0 Å². The Bertz CT molecular complexity index is 664. The van der Waals surface area contributed by atoms with E-state index >= 15 is 0 Å². The molecular weight excluding hydrogens is 284 g/mol. The Balaban J connectivity index is 2.29. The number of nitrogens with two attached hydrogens (primary N) is 1. The SMILES string of the molecule is CCc1nc(NC(=O)c2cc(N)ccc2N(C)C)sc1C. The molecule has 1 aromatic carbocycles. The number of carbonyl (C=O) groups excluding carboxylic acids is 1. The minimum atomic E-state index is -0.192. The third-order valence-corrected chi connectivity index (χ3v) is 4.12. The van der Waals surface area contributed by atoms with Gasteiger partial charge in [-0.25, -0.2) is 4.98 Å². The van der Waals surface area contributed by atoms with Crippen LogP contribution < -0.4 is 16.0 Å². The number of aryl methyl sites for hydroxylation is 2. The second-order valence-electron chi connectivity index (χ2n) is 5.00. The first-order valence-electron chi connectivity index (χ1n) is 6.76. The van der Waals surface area contributed by atoms with Gasteiger partial charge in [-0.2, -0.15) is 0 Å². The maximum atomic E-state index is 12.5. The van der Waals surface area contributed by atoms with Crippen molar-refractivity contribution >= 4 is 33.8 Å². The molecule has 0 saturated heterocycles. The quantitative estimate of drug-likeness (QED) is 0.852. The van der Waals surface area contributed by atoms with E-state index in [1.807, 2.05) is 32.0 Å². The molecule has 5 nitrogen and oxygen atoms in total. The lowest BCUT2D eigenvalue weighted by atomic mass is 10.1. The number of nitrogen functional groups attached to an aromatic ring is 1. The van der Waals surface area contributed by atoms with Gasteiger partial charge in [0, 0.05) is 30.3 Å². The van der Waals surface area contributed by atoms with Crippen LogP contribution >= 0.6 is 11.3 Å². The average molecular weight is 304 g/mol. The highest BCUT2D eigenvalue weighted by Crippen LogP contribution is 2.26. The number of aromatic nitrogens is 1. The maximum absolute atomic E-state index is 12.5. The molecule has 0 aliphatic rings. The van der Waals surface area contributed by atoms with E-state index in [2.05, 4.69) is 17.2 Å². The largest absolute Gasteiger partial charge is 0.399 e. The Labute approximate surface area is 128 Å². The van der Waals surface area contributed by atoms with Crippen LogP contribution in [0.4, 0.5) is 16.5 Å². The number of carbonyl (C=O) groups is 1. The fourth-order valence-corrected chi connectivity index (χ4v) is 3.00. The van der Waals surface area contributed by atoms with E-state index in [9.17, 15) is 4.79 Å². The fourth-order valence-electron chi connectivity index (χ4n) is 2.10. The summed E-state index contributed by atoms with van der Waals surface area (Å²) >= 11 is 1.49. The van der Waals surface area contributed by atoms with E-state index in [0.717, 1.165) is 22.7 Å². The van der Waals surface area contributed by atoms with Crippen LogP contribution in [0.3, 0.4) is 0 Å². The van der Waals surface area contributed by atoms with Crippen molar-refractivity contribution in [1.29, 1.82) is 0 Å². The molecule has 2 aromatic rings. The lowest BCUT2D eigenvalue weighted by molar-refractivity contribution is 0.102. The molecule has 3 N–H and O–H groups in total. The van der Waals surface area contributed by atoms with Gasteiger partial charge in [0.1, 0.15) is 0 Å². The Morgan fingerprint density at radius 2 is 2.14 bits per heavy atom. The molecule has 1 aromatic heterocycles. The second kappa shape index (κ2) is 6.13. The topological polar surface area (TPSA) is 71.2 Å². The van der Waals surface area contributed by atoms with Gasteiger partial charge in [-0.05, 0) is 31.5 Å². The molecule has 0 spiro atoms. The summed E-state index contributed by atoms with van der Waals surface area (Å²) in [4.78, 5) is 19.9. The zero-order chi connectivity index (χ0) is 15.6. The number of hydrogen-bond donors (Lipinski definition) is 2. The molecule has 1 heterocycles. The van der Waals surface area contributed by atoms with Crippen LogP contribution in [-0.2, 0) is 6.42 Å². The maximum Gasteiger partial charge on any atom is 0.259 e. The Morgan fingerprint density at radius 3 is 2.71 bits per heavy atom. The molecule has 0 atom stereocenters. The highest BCUT2D eigenvalue weighted by Gasteiger charge is 2.16. The van der Waals surface area contributed by atoms with Gasteiger partial charge in [-0.1, -0.05) is 6.92 Å². The zero-order valence-corrected chi connectivity index (χ0v) is 13.5. The molecule has 6 heteroatoms. The van der Waals surface area contributed by atoms with Gasteiger partial charge in [-0.3, -0.25) is 10.1 Å². The lowest BCUT2D eigenvalue weighted by Gasteiger charge is -2.17. The van der Waals surface area contributed by atoms with Gasteiger partial charge in [-0.15, -0.1) is 11.3 Å². The number of thiazole rings is 1. The van der Waals surface area contributed by atoms with Gasteiger partial charge in [0.25, 0.3) is 5.91 Å². The van der Waals surface area contributed by atoms with Crippen molar-refractivity contribution in [2.75, 3.05) is 30.0 Å². The fraction of sp³-hybridized carbons (Fsp3) is 0.333. The van der Waals surface area contributed by atoms with E-state index in [1.165, 1.54) is 11.3 Å². The Kier molecular flexibility index (Phi) is 4.47. The molecule has 0 aliphatic carbocycles. The zero-order valence-electron chi connectivity index (χ0n) is 12.7. The highest BCUT2D eigenvalue weighted by atomic mass is 32.1. The van der Waals surface area contributed by atoms with Crippen molar-refractivity contribution in [2.45, 2.75) is 20.3 Å². The molecule has 0 aliphatic heterocycles. The molecular formula is C15H20N4OS. The molecule has 2 rings (SSSR count). The Morgan fingerprint density at radius 1 is 1.43 bits per heavy atom. The lowest BCUT2D eigenvalue weighted by Crippen LogP contribution is -2.18. The first-order valence-corrected chi connectivity index (χ1v) is 7.58. The molecule has 0 radical (unpaired) electrons. The summed E-state index contributed by atoms with van der Waals surface area (Å²) in [6.07, 6.45) is 0.861. The first-order chi connectivity index (χ1) is 9.92. The van der Waals surface area contributed by atoms with Crippen LogP contribution in [0.1, 0.15) is 27.9 Å². The normalized spacial score (nSPS) is 10.5. The number of nitrogens with one attached hydrogen (secondary N) is 1. The summed E-state index contributed by atoms with van der Waals surface area (Å²) < 4.78 is 0. The molecule has 0 bridgehead atoms. The summed E-state index contributed by atoms with van der Waals surface area (Å²) in [7, 11) is 3.79. The summed E-state index contributed by atoms with van der Waals surface area (Å²) in [5, 5.41) is 3.49. The number of hydrogen-bond acceptors (Lipinski definition) is 5. The summed E-state index contributed by atoms with van der Waals surface area (Å²) in [6, 6.07) is 5.32. The number of nitrogens with zero attached hydrogens (tertiary/aromatic N) is 2. The van der Waals surface area contributed by atoms with Crippen molar-refractivity contribution in [3.63, 3.8) is 0 Å². The van der Waals surface area contributed by atoms with Crippen molar-refractivity contribution in [3.8, 4) is 0 Å². The van der Waals surface area contributed by atoms with Crippen LogP contribution in [0.5, 0.6) is 0 Å². The third-order valence-electron chi connectivity index (χ3n) is 3.20. The van der Waals surface area contributed by atoms with Gasteiger partial charge in [0.15, 0.2) is 5.13 Å². The van der Waals surface area contributed by atoms with E-state index in [-0.39, 0.29) is 5.91 Å². The summed E-state index contributed by atoms with van der Waals surface area (Å²) in [5.74, 6) is -0.192. The minimum absolute atomic E-state index is 0.192. The standard InChI is InChI=1S/C15H20N4OS/c1-5-12-9(2)21-15(17-12)18-14(20)11-8-10(16)6-7-13(11)19(3)4/h6-8H,5,16H2,1-4H3,(H,17,18,20). The average Bonchev–Trinajstić information content (AvgIpc) is 2.78. The van der Waals surface area contributed by atoms with Gasteiger partial charge < -0.3 is 10.6 Å². The monoisotopic (exact) mass is 304 g/mol. The van der Waals surface area contributed by atoms with Crippen LogP contribution in [0, 0.1) is 6.92 Å². The van der Waals surface area contributed by atoms with E-state index in [1.54, 1.807) is 12.1 Å². The van der Waals surface area contributed by atoms with E-state index in [4.69, 9.17) is 5.73 Å². The molecule has 21 heavy (non-hydrogen) atoms. The van der Waals surface area contributed by atoms with Crippen LogP contribution in [0.15, 0.2) is 18.2 Å². The summed E-state index contributed by atoms with van der Waals surface area (Å²) in [6.45, 7) is 4.06. The van der Waals surface area contributed by atoms with Crippen molar-refractivity contribution in [1.82, 2.24) is 4.98 Å².